The molecule has 2 aliphatic heterocycles. The van der Waals surface area contributed by atoms with E-state index in [9.17, 15) is 14.4 Å². The highest BCUT2D eigenvalue weighted by atomic mass is 32.2. The van der Waals surface area contributed by atoms with Gasteiger partial charge >= 0.3 is 0 Å². The number of thioether (sulfide) groups is 1. The highest BCUT2D eigenvalue weighted by molar-refractivity contribution is 8.02. The first kappa shape index (κ1) is 23.2. The summed E-state index contributed by atoms with van der Waals surface area (Å²) >= 11 is 1.32. The number of carbonyl (C=O) groups is 3. The van der Waals surface area contributed by atoms with Crippen molar-refractivity contribution in [3.63, 3.8) is 0 Å². The summed E-state index contributed by atoms with van der Waals surface area (Å²) in [4.78, 5) is 42.2. The van der Waals surface area contributed by atoms with Gasteiger partial charge in [0.25, 0.3) is 5.91 Å². The van der Waals surface area contributed by atoms with E-state index in [2.05, 4.69) is 12.2 Å². The predicted molar refractivity (Wildman–Crippen MR) is 141 cm³/mol. The zero-order chi connectivity index (χ0) is 24.7. The number of anilines is 3. The molecule has 6 nitrogen and oxygen atoms in total. The van der Waals surface area contributed by atoms with E-state index in [1.165, 1.54) is 22.2 Å². The molecule has 7 heteroatoms. The van der Waals surface area contributed by atoms with E-state index in [1.807, 2.05) is 80.6 Å². The van der Waals surface area contributed by atoms with Crippen LogP contribution < -0.4 is 15.1 Å². The van der Waals surface area contributed by atoms with Gasteiger partial charge in [-0.05, 0) is 67.3 Å². The molecule has 1 saturated heterocycles. The lowest BCUT2D eigenvalue weighted by molar-refractivity contribution is -0.124. The average Bonchev–Trinajstić information content (AvgIpc) is 3.30. The fourth-order valence-electron chi connectivity index (χ4n) is 4.96. The number of aryl methyl sites for hydroxylation is 3. The molecule has 35 heavy (non-hydrogen) atoms. The maximum absolute atomic E-state index is 14.1. The highest BCUT2D eigenvalue weighted by Gasteiger charge is 2.61. The molecule has 0 aliphatic carbocycles. The van der Waals surface area contributed by atoms with E-state index in [4.69, 9.17) is 0 Å². The third-order valence-electron chi connectivity index (χ3n) is 6.48. The molecule has 1 N–H and O–H groups in total. The van der Waals surface area contributed by atoms with Gasteiger partial charge in [-0.1, -0.05) is 43.3 Å². The summed E-state index contributed by atoms with van der Waals surface area (Å²) in [7, 11) is 0. The van der Waals surface area contributed by atoms with Crippen LogP contribution in [0.2, 0.25) is 0 Å². The van der Waals surface area contributed by atoms with Crippen molar-refractivity contribution in [3.8, 4) is 0 Å². The number of nitrogens with zero attached hydrogens (tertiary/aromatic N) is 2. The Balaban J connectivity index is 1.50. The number of benzene rings is 3. The Morgan fingerprint density at radius 3 is 2.37 bits per heavy atom. The van der Waals surface area contributed by atoms with Gasteiger partial charge in [0.15, 0.2) is 0 Å². The molecule has 1 fully saturated rings. The molecule has 5 rings (SSSR count). The fourth-order valence-corrected chi connectivity index (χ4v) is 6.32. The minimum Gasteiger partial charge on any atom is -0.325 e. The fraction of sp³-hybridized carbons (Fsp3) is 0.250. The van der Waals surface area contributed by atoms with Gasteiger partial charge in [-0.15, -0.1) is 11.8 Å². The third kappa shape index (κ3) is 3.90. The molecule has 178 valence electrons. The number of amides is 3. The number of hydrogen-bond donors (Lipinski definition) is 1. The first-order valence-corrected chi connectivity index (χ1v) is 12.7. The van der Waals surface area contributed by atoms with Crippen molar-refractivity contribution in [2.45, 2.75) is 32.1 Å². The van der Waals surface area contributed by atoms with Crippen LogP contribution in [-0.4, -0.2) is 30.0 Å². The molecule has 2 heterocycles. The first-order chi connectivity index (χ1) is 16.8. The Labute approximate surface area is 209 Å². The standard InChI is InChI=1S/C28H27N3O3S/c1-4-20-9-11-21(12-10-20)29-25(32)16-30-24-8-6-5-7-23(24)28(27(30)34)31(26(33)17-35-28)22-14-18(2)13-19(3)15-22/h5-15H,4,16-17H2,1-3H3,(H,29,32)/t28-/m1/s1. The Morgan fingerprint density at radius 1 is 1.00 bits per heavy atom. The van der Waals surface area contributed by atoms with E-state index in [0.717, 1.165) is 23.1 Å². The maximum atomic E-state index is 14.1. The quantitative estimate of drug-likeness (QED) is 0.565. The number of rotatable bonds is 5. The van der Waals surface area contributed by atoms with Gasteiger partial charge in [-0.2, -0.15) is 0 Å². The molecule has 3 aromatic carbocycles. The van der Waals surface area contributed by atoms with Gasteiger partial charge in [-0.3, -0.25) is 24.2 Å². The molecule has 0 bridgehead atoms. The molecule has 1 spiro atoms. The van der Waals surface area contributed by atoms with Crippen molar-refractivity contribution in [1.29, 1.82) is 0 Å². The molecule has 0 radical (unpaired) electrons. The number of para-hydroxylation sites is 1. The normalized spacial score (nSPS) is 18.9. The molecule has 3 amide bonds. The summed E-state index contributed by atoms with van der Waals surface area (Å²) in [6.07, 6.45) is 0.919. The number of nitrogens with one attached hydrogen (secondary N) is 1. The summed E-state index contributed by atoms with van der Waals surface area (Å²) in [6, 6.07) is 21.0. The van der Waals surface area contributed by atoms with Gasteiger partial charge in [-0.25, -0.2) is 0 Å². The van der Waals surface area contributed by atoms with Crippen LogP contribution in [-0.2, 0) is 25.7 Å². The molecule has 0 aromatic heterocycles. The third-order valence-corrected chi connectivity index (χ3v) is 7.86. The lowest BCUT2D eigenvalue weighted by Crippen LogP contribution is -2.51. The average molecular weight is 486 g/mol. The Morgan fingerprint density at radius 2 is 1.69 bits per heavy atom. The summed E-state index contributed by atoms with van der Waals surface area (Å²) in [6.45, 7) is 5.89. The number of hydrogen-bond acceptors (Lipinski definition) is 4. The monoisotopic (exact) mass is 485 g/mol. The van der Waals surface area contributed by atoms with E-state index in [-0.39, 0.29) is 30.0 Å². The van der Waals surface area contributed by atoms with Crippen molar-refractivity contribution >= 4 is 46.5 Å². The van der Waals surface area contributed by atoms with Crippen LogP contribution in [0.3, 0.4) is 0 Å². The topological polar surface area (TPSA) is 69.7 Å². The minimum atomic E-state index is -1.23. The van der Waals surface area contributed by atoms with Crippen LogP contribution in [0.4, 0.5) is 17.1 Å². The summed E-state index contributed by atoms with van der Waals surface area (Å²) in [5, 5.41) is 2.90. The smallest absolute Gasteiger partial charge is 0.269 e. The van der Waals surface area contributed by atoms with Crippen LogP contribution in [0.15, 0.2) is 66.7 Å². The summed E-state index contributed by atoms with van der Waals surface area (Å²) in [5.74, 6) is -0.492. The maximum Gasteiger partial charge on any atom is 0.269 e. The zero-order valence-electron chi connectivity index (χ0n) is 20.0. The Hall–Kier alpha value is -3.58. The van der Waals surface area contributed by atoms with Gasteiger partial charge in [0.05, 0.1) is 11.4 Å². The van der Waals surface area contributed by atoms with Crippen molar-refractivity contribution < 1.29 is 14.4 Å². The van der Waals surface area contributed by atoms with Crippen LogP contribution in [0.5, 0.6) is 0 Å². The molecular formula is C28H27N3O3S. The molecule has 3 aromatic rings. The van der Waals surface area contributed by atoms with E-state index in [1.54, 1.807) is 4.90 Å². The van der Waals surface area contributed by atoms with Gasteiger partial charge in [0.2, 0.25) is 16.7 Å². The molecule has 0 unspecified atom stereocenters. The van der Waals surface area contributed by atoms with Crippen molar-refractivity contribution in [1.82, 2.24) is 0 Å². The van der Waals surface area contributed by atoms with Gasteiger partial charge < -0.3 is 5.32 Å². The highest BCUT2D eigenvalue weighted by Crippen LogP contribution is 2.55. The molecule has 2 aliphatic rings. The largest absolute Gasteiger partial charge is 0.325 e. The Kier molecular flexibility index (Phi) is 5.89. The Bertz CT molecular complexity index is 1320. The van der Waals surface area contributed by atoms with Crippen LogP contribution in [0.1, 0.15) is 29.2 Å². The zero-order valence-corrected chi connectivity index (χ0v) is 20.8. The van der Waals surface area contributed by atoms with Gasteiger partial charge in [0, 0.05) is 16.9 Å². The number of carbonyl (C=O) groups excluding carboxylic acids is 3. The van der Waals surface area contributed by atoms with Crippen molar-refractivity contribution in [2.75, 3.05) is 27.4 Å². The lowest BCUT2D eigenvalue weighted by Gasteiger charge is -2.33. The minimum absolute atomic E-state index is 0.120. The second-order valence-electron chi connectivity index (χ2n) is 9.01. The van der Waals surface area contributed by atoms with Crippen molar-refractivity contribution in [2.24, 2.45) is 0 Å². The van der Waals surface area contributed by atoms with Crippen LogP contribution in [0, 0.1) is 13.8 Å². The van der Waals surface area contributed by atoms with Gasteiger partial charge in [0.1, 0.15) is 6.54 Å². The lowest BCUT2D eigenvalue weighted by atomic mass is 10.0. The molecule has 1 atom stereocenters. The van der Waals surface area contributed by atoms with Crippen LogP contribution in [0.25, 0.3) is 0 Å². The second kappa shape index (κ2) is 8.89. The van der Waals surface area contributed by atoms with E-state index in [0.29, 0.717) is 17.1 Å². The first-order valence-electron chi connectivity index (χ1n) is 11.7. The summed E-state index contributed by atoms with van der Waals surface area (Å²) in [5.41, 5.74) is 5.99. The van der Waals surface area contributed by atoms with Crippen molar-refractivity contribution in [3.05, 3.63) is 89.0 Å². The summed E-state index contributed by atoms with van der Waals surface area (Å²) < 4.78 is 0. The van der Waals surface area contributed by atoms with E-state index < -0.39 is 4.87 Å². The predicted octanol–water partition coefficient (Wildman–Crippen LogP) is 4.78. The van der Waals surface area contributed by atoms with Crippen LogP contribution >= 0.6 is 11.8 Å². The van der Waals surface area contributed by atoms with E-state index >= 15 is 0 Å². The number of fused-ring (bicyclic) bond motifs is 2. The SMILES string of the molecule is CCc1ccc(NC(=O)CN2C(=O)[C@]3(SCC(=O)N3c3cc(C)cc(C)c3)c3ccccc32)cc1. The molecule has 0 saturated carbocycles. The molecular weight excluding hydrogens is 458 g/mol. The second-order valence-corrected chi connectivity index (χ2v) is 10.2.